The topological polar surface area (TPSA) is 44.4 Å². The van der Waals surface area contributed by atoms with Crippen molar-refractivity contribution in [1.82, 2.24) is 15.5 Å². The van der Waals surface area contributed by atoms with E-state index in [1.807, 2.05) is 0 Å². The van der Waals surface area contributed by atoms with Crippen LogP contribution in [-0.2, 0) is 4.79 Å². The molecule has 2 fully saturated rings. The van der Waals surface area contributed by atoms with Gasteiger partial charge in [0.25, 0.3) is 0 Å². The number of carbonyl (C=O) groups excluding carboxylic acids is 1. The minimum atomic E-state index is 0.110. The van der Waals surface area contributed by atoms with Crippen LogP contribution in [0.15, 0.2) is 0 Å². The van der Waals surface area contributed by atoms with E-state index >= 15 is 0 Å². The number of piperidine rings is 1. The molecule has 2 saturated heterocycles. The van der Waals surface area contributed by atoms with Crippen molar-refractivity contribution < 1.29 is 4.79 Å². The largest absolute Gasteiger partial charge is 0.354 e. The van der Waals surface area contributed by atoms with Gasteiger partial charge in [0.05, 0.1) is 0 Å². The summed E-state index contributed by atoms with van der Waals surface area (Å²) in [7, 11) is 0. The number of amides is 1. The predicted molar refractivity (Wildman–Crippen MR) is 64.3 cm³/mol. The summed E-state index contributed by atoms with van der Waals surface area (Å²) in [4.78, 5) is 13.5. The molecule has 2 rings (SSSR count). The number of hydrogen-bond donors (Lipinski definition) is 2. The Morgan fingerprint density at radius 1 is 1.38 bits per heavy atom. The van der Waals surface area contributed by atoms with Crippen LogP contribution in [0.1, 0.15) is 26.2 Å². The summed E-state index contributed by atoms with van der Waals surface area (Å²) in [5, 5.41) is 6.43. The van der Waals surface area contributed by atoms with E-state index < -0.39 is 0 Å². The van der Waals surface area contributed by atoms with E-state index in [1.165, 1.54) is 26.1 Å². The fourth-order valence-electron chi connectivity index (χ4n) is 2.78. The molecule has 2 heterocycles. The molecule has 2 N–H and O–H groups in total. The lowest BCUT2D eigenvalue weighted by Crippen LogP contribution is -2.45. The highest BCUT2D eigenvalue weighted by molar-refractivity contribution is 5.73. The molecule has 4 heteroatoms. The average molecular weight is 225 g/mol. The normalized spacial score (nSPS) is 28.2. The third-order valence-electron chi connectivity index (χ3n) is 3.67. The first-order chi connectivity index (χ1) is 7.74. The number of hydrogen-bond acceptors (Lipinski definition) is 3. The first-order valence-corrected chi connectivity index (χ1v) is 6.44. The van der Waals surface area contributed by atoms with Gasteiger partial charge in [-0.3, -0.25) is 4.79 Å². The molecule has 2 aliphatic heterocycles. The molecule has 0 bridgehead atoms. The van der Waals surface area contributed by atoms with Crippen LogP contribution in [-0.4, -0.2) is 49.6 Å². The summed E-state index contributed by atoms with van der Waals surface area (Å²) in [6.07, 6.45) is 3.55. The van der Waals surface area contributed by atoms with Crippen LogP contribution in [0.25, 0.3) is 0 Å². The van der Waals surface area contributed by atoms with Crippen molar-refractivity contribution in [3.05, 3.63) is 0 Å². The molecule has 0 aromatic carbocycles. The van der Waals surface area contributed by atoms with Crippen molar-refractivity contribution in [2.24, 2.45) is 5.92 Å². The van der Waals surface area contributed by atoms with E-state index in [1.54, 1.807) is 6.92 Å². The maximum atomic E-state index is 10.9. The molecule has 4 nitrogen and oxygen atoms in total. The second-order valence-corrected chi connectivity index (χ2v) is 5.13. The van der Waals surface area contributed by atoms with Crippen LogP contribution in [0, 0.1) is 5.92 Å². The molecule has 0 aromatic heterocycles. The molecular weight excluding hydrogens is 202 g/mol. The molecule has 0 aliphatic carbocycles. The van der Waals surface area contributed by atoms with Gasteiger partial charge in [-0.2, -0.15) is 0 Å². The van der Waals surface area contributed by atoms with Gasteiger partial charge in [-0.15, -0.1) is 0 Å². The third kappa shape index (κ3) is 3.46. The predicted octanol–water partition coefficient (Wildman–Crippen LogP) is 0.196. The van der Waals surface area contributed by atoms with Gasteiger partial charge in [-0.05, 0) is 38.3 Å². The Kier molecular flexibility index (Phi) is 4.18. The molecule has 92 valence electrons. The van der Waals surface area contributed by atoms with Crippen LogP contribution in [0.3, 0.4) is 0 Å². The Hall–Kier alpha value is -0.610. The number of likely N-dealkylation sites (tertiary alicyclic amines) is 1. The summed E-state index contributed by atoms with van der Waals surface area (Å²) in [5.74, 6) is 0.954. The zero-order valence-electron chi connectivity index (χ0n) is 10.2. The van der Waals surface area contributed by atoms with Gasteiger partial charge in [0.1, 0.15) is 0 Å². The van der Waals surface area contributed by atoms with Gasteiger partial charge < -0.3 is 15.5 Å². The number of rotatable bonds is 3. The van der Waals surface area contributed by atoms with Gasteiger partial charge in [0.15, 0.2) is 0 Å². The molecule has 0 radical (unpaired) electrons. The van der Waals surface area contributed by atoms with Crippen molar-refractivity contribution in [3.8, 4) is 0 Å². The second-order valence-electron chi connectivity index (χ2n) is 5.13. The number of nitrogens with zero attached hydrogens (tertiary/aromatic N) is 1. The third-order valence-corrected chi connectivity index (χ3v) is 3.67. The van der Waals surface area contributed by atoms with Crippen LogP contribution < -0.4 is 10.6 Å². The Morgan fingerprint density at radius 3 is 2.69 bits per heavy atom. The first-order valence-electron chi connectivity index (χ1n) is 6.44. The van der Waals surface area contributed by atoms with Crippen molar-refractivity contribution >= 4 is 5.91 Å². The molecule has 16 heavy (non-hydrogen) atoms. The van der Waals surface area contributed by atoms with E-state index in [4.69, 9.17) is 0 Å². The zero-order valence-corrected chi connectivity index (χ0v) is 10.2. The molecule has 2 aliphatic rings. The lowest BCUT2D eigenvalue weighted by molar-refractivity contribution is -0.119. The molecule has 1 amide bonds. The lowest BCUT2D eigenvalue weighted by atomic mass is 10.0. The van der Waals surface area contributed by atoms with Gasteiger partial charge in [0, 0.05) is 32.6 Å². The summed E-state index contributed by atoms with van der Waals surface area (Å²) in [5.41, 5.74) is 0. The van der Waals surface area contributed by atoms with Crippen molar-refractivity contribution in [2.75, 3.05) is 32.7 Å². The van der Waals surface area contributed by atoms with Gasteiger partial charge >= 0.3 is 0 Å². The molecule has 1 atom stereocenters. The summed E-state index contributed by atoms with van der Waals surface area (Å²) >= 11 is 0. The highest BCUT2D eigenvalue weighted by atomic mass is 16.1. The van der Waals surface area contributed by atoms with E-state index in [9.17, 15) is 4.79 Å². The molecule has 1 unspecified atom stereocenters. The maximum absolute atomic E-state index is 10.9. The molecule has 0 spiro atoms. The summed E-state index contributed by atoms with van der Waals surface area (Å²) in [6, 6.07) is 0.412. The van der Waals surface area contributed by atoms with Crippen molar-refractivity contribution in [1.29, 1.82) is 0 Å². The van der Waals surface area contributed by atoms with E-state index in [-0.39, 0.29) is 5.91 Å². The summed E-state index contributed by atoms with van der Waals surface area (Å²) in [6.45, 7) is 7.50. The first kappa shape index (κ1) is 11.9. The smallest absolute Gasteiger partial charge is 0.217 e. The fraction of sp³-hybridized carbons (Fsp3) is 0.917. The fourth-order valence-corrected chi connectivity index (χ4v) is 2.78. The highest BCUT2D eigenvalue weighted by Crippen LogP contribution is 2.15. The Morgan fingerprint density at radius 2 is 2.12 bits per heavy atom. The average Bonchev–Trinajstić information content (AvgIpc) is 2.73. The van der Waals surface area contributed by atoms with Crippen LogP contribution in [0.5, 0.6) is 0 Å². The Labute approximate surface area is 97.8 Å². The standard InChI is InChI=1S/C12H23N3O/c1-10(16)14-12-3-6-15(7-4-12)9-11-2-5-13-8-11/h11-13H,2-9H2,1H3,(H,14,16). The lowest BCUT2D eigenvalue weighted by Gasteiger charge is -2.33. The monoisotopic (exact) mass is 225 g/mol. The molecule has 0 aromatic rings. The highest BCUT2D eigenvalue weighted by Gasteiger charge is 2.23. The van der Waals surface area contributed by atoms with E-state index in [0.29, 0.717) is 6.04 Å². The number of nitrogens with one attached hydrogen (secondary N) is 2. The van der Waals surface area contributed by atoms with Crippen molar-refractivity contribution in [2.45, 2.75) is 32.2 Å². The molecular formula is C12H23N3O. The minimum absolute atomic E-state index is 0.110. The Bertz CT molecular complexity index is 230. The van der Waals surface area contributed by atoms with Crippen LogP contribution in [0.2, 0.25) is 0 Å². The van der Waals surface area contributed by atoms with Crippen LogP contribution >= 0.6 is 0 Å². The van der Waals surface area contributed by atoms with Gasteiger partial charge in [0.2, 0.25) is 5.91 Å². The van der Waals surface area contributed by atoms with Gasteiger partial charge in [-0.25, -0.2) is 0 Å². The van der Waals surface area contributed by atoms with E-state index in [2.05, 4.69) is 15.5 Å². The number of carbonyl (C=O) groups is 1. The molecule has 0 saturated carbocycles. The zero-order chi connectivity index (χ0) is 11.4. The summed E-state index contributed by atoms with van der Waals surface area (Å²) < 4.78 is 0. The van der Waals surface area contributed by atoms with Gasteiger partial charge in [-0.1, -0.05) is 0 Å². The SMILES string of the molecule is CC(=O)NC1CCN(CC2CCNC2)CC1. The second kappa shape index (κ2) is 5.64. The quantitative estimate of drug-likeness (QED) is 0.721. The minimum Gasteiger partial charge on any atom is -0.354 e. The Balaban J connectivity index is 1.66. The van der Waals surface area contributed by atoms with E-state index in [0.717, 1.165) is 31.8 Å². The van der Waals surface area contributed by atoms with Crippen molar-refractivity contribution in [3.63, 3.8) is 0 Å². The van der Waals surface area contributed by atoms with Crippen LogP contribution in [0.4, 0.5) is 0 Å². The maximum Gasteiger partial charge on any atom is 0.217 e.